The Bertz CT molecular complexity index is 835. The fraction of sp³-hybridized carbons (Fsp3) is 0.619. The van der Waals surface area contributed by atoms with Crippen molar-refractivity contribution < 1.29 is 4.74 Å². The summed E-state index contributed by atoms with van der Waals surface area (Å²) in [4.78, 5) is 12.1. The highest BCUT2D eigenvalue weighted by Gasteiger charge is 2.42. The van der Waals surface area contributed by atoms with Crippen LogP contribution in [-0.2, 0) is 4.74 Å². The summed E-state index contributed by atoms with van der Waals surface area (Å²) in [5, 5.41) is 4.71. The lowest BCUT2D eigenvalue weighted by Crippen LogP contribution is -2.54. The van der Waals surface area contributed by atoms with Gasteiger partial charge in [0.15, 0.2) is 0 Å². The summed E-state index contributed by atoms with van der Waals surface area (Å²) in [6, 6.07) is 6.92. The molecule has 7 heteroatoms. The molecule has 0 radical (unpaired) electrons. The van der Waals surface area contributed by atoms with Crippen molar-refractivity contribution in [3.8, 4) is 0 Å². The predicted molar refractivity (Wildman–Crippen MR) is 116 cm³/mol. The van der Waals surface area contributed by atoms with Gasteiger partial charge in [0.25, 0.3) is 0 Å². The van der Waals surface area contributed by atoms with Gasteiger partial charge in [0.1, 0.15) is 0 Å². The van der Waals surface area contributed by atoms with E-state index < -0.39 is 0 Å². The molecule has 6 nitrogen and oxygen atoms in total. The number of nitrogens with zero attached hydrogens (tertiary/aromatic N) is 4. The fourth-order valence-electron chi connectivity index (χ4n) is 4.77. The molecule has 28 heavy (non-hydrogen) atoms. The molecule has 150 valence electrons. The molecule has 4 heterocycles. The molecule has 1 aromatic carbocycles. The Morgan fingerprint density at radius 1 is 1.21 bits per heavy atom. The van der Waals surface area contributed by atoms with Gasteiger partial charge in [0, 0.05) is 49.2 Å². The van der Waals surface area contributed by atoms with Crippen LogP contribution in [0.5, 0.6) is 0 Å². The lowest BCUT2D eigenvalue weighted by atomic mass is 9.78. The summed E-state index contributed by atoms with van der Waals surface area (Å²) in [7, 11) is 0. The average Bonchev–Trinajstić information content (AvgIpc) is 2.73. The molecule has 3 aliphatic heterocycles. The Labute approximate surface area is 171 Å². The lowest BCUT2D eigenvalue weighted by Gasteiger charge is -2.49. The molecule has 1 aromatic heterocycles. The molecule has 0 saturated carbocycles. The van der Waals surface area contributed by atoms with Crippen molar-refractivity contribution in [2.24, 2.45) is 5.41 Å². The summed E-state index contributed by atoms with van der Waals surface area (Å²) in [6.45, 7) is 6.23. The van der Waals surface area contributed by atoms with E-state index in [1.54, 1.807) is 0 Å². The maximum atomic E-state index is 5.54. The number of fused-ring (bicyclic) bond motifs is 1. The number of anilines is 2. The minimum atomic E-state index is 0.361. The van der Waals surface area contributed by atoms with Gasteiger partial charge in [-0.1, -0.05) is 24.1 Å². The summed E-state index contributed by atoms with van der Waals surface area (Å²) < 4.78 is 7.96. The Kier molecular flexibility index (Phi) is 5.07. The quantitative estimate of drug-likeness (QED) is 0.791. The van der Waals surface area contributed by atoms with E-state index in [-0.39, 0.29) is 0 Å². The van der Waals surface area contributed by atoms with E-state index in [2.05, 4.69) is 44.0 Å². The molecule has 3 fully saturated rings. The molecule has 1 N–H and O–H groups in total. The van der Waals surface area contributed by atoms with Crippen molar-refractivity contribution in [1.29, 1.82) is 0 Å². The molecule has 0 bridgehead atoms. The third-order valence-electron chi connectivity index (χ3n) is 6.45. The first-order chi connectivity index (χ1) is 13.7. The van der Waals surface area contributed by atoms with E-state index in [4.69, 9.17) is 9.72 Å². The molecule has 1 spiro atoms. The monoisotopic (exact) mass is 399 g/mol. The molecule has 3 saturated heterocycles. The first-order valence-corrected chi connectivity index (χ1v) is 11.6. The molecule has 0 atom stereocenters. The Morgan fingerprint density at radius 3 is 2.82 bits per heavy atom. The minimum absolute atomic E-state index is 0.361. The van der Waals surface area contributed by atoms with Crippen LogP contribution >= 0.6 is 11.9 Å². The summed E-state index contributed by atoms with van der Waals surface area (Å²) in [6.07, 6.45) is 8.91. The molecule has 3 aliphatic rings. The molecular weight excluding hydrogens is 370 g/mol. The van der Waals surface area contributed by atoms with Gasteiger partial charge in [-0.15, -0.1) is 0 Å². The van der Waals surface area contributed by atoms with E-state index in [1.807, 2.05) is 18.1 Å². The van der Waals surface area contributed by atoms with Gasteiger partial charge in [-0.2, -0.15) is 0 Å². The van der Waals surface area contributed by atoms with Gasteiger partial charge in [-0.3, -0.25) is 4.31 Å². The standard InChI is InChI=1S/C21H29N5OS/c1-28-26-10-6-17(7-11-26)23-20-22-12-16-4-2-5-18(19(16)24-20)25-9-3-8-21(13-25)14-27-15-21/h2,4-5,12,17H,3,6-11,13-15H2,1H3,(H,22,23,24). The maximum absolute atomic E-state index is 5.54. The topological polar surface area (TPSA) is 53.5 Å². The van der Waals surface area contributed by atoms with E-state index >= 15 is 0 Å². The SMILES string of the molecule is CSN1CCC(Nc2ncc3cccc(N4CCCC5(COC5)C4)c3n2)CC1. The van der Waals surface area contributed by atoms with E-state index in [9.17, 15) is 0 Å². The van der Waals surface area contributed by atoms with Crippen molar-refractivity contribution in [1.82, 2.24) is 14.3 Å². The smallest absolute Gasteiger partial charge is 0.223 e. The highest BCUT2D eigenvalue weighted by Crippen LogP contribution is 2.39. The van der Waals surface area contributed by atoms with Crippen molar-refractivity contribution in [3.05, 3.63) is 24.4 Å². The van der Waals surface area contributed by atoms with Crippen LogP contribution in [0.15, 0.2) is 24.4 Å². The van der Waals surface area contributed by atoms with E-state index in [1.165, 1.54) is 18.5 Å². The van der Waals surface area contributed by atoms with Crippen LogP contribution in [0.4, 0.5) is 11.6 Å². The second-order valence-corrected chi connectivity index (χ2v) is 9.34. The average molecular weight is 400 g/mol. The van der Waals surface area contributed by atoms with Crippen molar-refractivity contribution in [2.45, 2.75) is 31.7 Å². The molecule has 2 aromatic rings. The third kappa shape index (κ3) is 3.55. The van der Waals surface area contributed by atoms with Crippen molar-refractivity contribution >= 4 is 34.5 Å². The summed E-state index contributed by atoms with van der Waals surface area (Å²) in [5.74, 6) is 0.765. The molecular formula is C21H29N5OS. The lowest BCUT2D eigenvalue weighted by molar-refractivity contribution is -0.117. The number of nitrogens with one attached hydrogen (secondary N) is 1. The number of ether oxygens (including phenoxy) is 1. The van der Waals surface area contributed by atoms with Gasteiger partial charge in [-0.25, -0.2) is 9.97 Å². The van der Waals surface area contributed by atoms with E-state index in [0.29, 0.717) is 11.5 Å². The van der Waals surface area contributed by atoms with Crippen LogP contribution in [-0.4, -0.2) is 66.0 Å². The Hall–Kier alpha value is -1.57. The fourth-order valence-corrected chi connectivity index (χ4v) is 5.35. The van der Waals surface area contributed by atoms with Crippen LogP contribution < -0.4 is 10.2 Å². The second-order valence-electron chi connectivity index (χ2n) is 8.46. The maximum Gasteiger partial charge on any atom is 0.223 e. The largest absolute Gasteiger partial charge is 0.380 e. The zero-order valence-corrected chi connectivity index (χ0v) is 17.4. The van der Waals surface area contributed by atoms with Crippen LogP contribution in [0.1, 0.15) is 25.7 Å². The summed E-state index contributed by atoms with van der Waals surface area (Å²) >= 11 is 1.84. The Morgan fingerprint density at radius 2 is 2.07 bits per heavy atom. The number of hydrogen-bond acceptors (Lipinski definition) is 7. The first kappa shape index (κ1) is 18.5. The first-order valence-electron chi connectivity index (χ1n) is 10.4. The normalized spacial score (nSPS) is 23.1. The highest BCUT2D eigenvalue weighted by atomic mass is 32.2. The number of hydrogen-bond donors (Lipinski definition) is 1. The Balaban J connectivity index is 1.37. The second kappa shape index (κ2) is 7.69. The number of rotatable bonds is 4. The predicted octanol–water partition coefficient (Wildman–Crippen LogP) is 3.40. The molecule has 0 aliphatic carbocycles. The van der Waals surface area contributed by atoms with Crippen molar-refractivity contribution in [3.63, 3.8) is 0 Å². The van der Waals surface area contributed by atoms with Gasteiger partial charge in [0.05, 0.1) is 24.4 Å². The van der Waals surface area contributed by atoms with Crippen LogP contribution in [0.3, 0.4) is 0 Å². The number of piperidine rings is 2. The number of benzene rings is 1. The zero-order chi connectivity index (χ0) is 19.0. The van der Waals surface area contributed by atoms with Crippen molar-refractivity contribution in [2.75, 3.05) is 55.9 Å². The molecule has 0 unspecified atom stereocenters. The number of aromatic nitrogens is 2. The number of para-hydroxylation sites is 1. The van der Waals surface area contributed by atoms with Crippen LogP contribution in [0.25, 0.3) is 10.9 Å². The van der Waals surface area contributed by atoms with Crippen LogP contribution in [0, 0.1) is 5.41 Å². The van der Waals surface area contributed by atoms with Gasteiger partial charge < -0.3 is 15.0 Å². The molecule has 5 rings (SSSR count). The molecule has 0 amide bonds. The zero-order valence-electron chi connectivity index (χ0n) is 16.6. The minimum Gasteiger partial charge on any atom is -0.380 e. The van der Waals surface area contributed by atoms with Crippen LogP contribution in [0.2, 0.25) is 0 Å². The van der Waals surface area contributed by atoms with Gasteiger partial charge in [0.2, 0.25) is 5.95 Å². The third-order valence-corrected chi connectivity index (χ3v) is 7.34. The van der Waals surface area contributed by atoms with E-state index in [0.717, 1.165) is 69.1 Å². The van der Waals surface area contributed by atoms with Gasteiger partial charge in [-0.05, 0) is 38.0 Å². The van der Waals surface area contributed by atoms with Gasteiger partial charge >= 0.3 is 0 Å². The highest BCUT2D eigenvalue weighted by molar-refractivity contribution is 7.96. The summed E-state index contributed by atoms with van der Waals surface area (Å²) in [5.41, 5.74) is 2.67.